The van der Waals surface area contributed by atoms with E-state index in [-0.39, 0.29) is 0 Å². The van der Waals surface area contributed by atoms with Crippen LogP contribution in [-0.2, 0) is 0 Å². The van der Waals surface area contributed by atoms with Crippen LogP contribution in [0.25, 0.3) is 10.8 Å². The Hall–Kier alpha value is -2.02. The standard InChI is InChI=1S/C17H9BrClNO/c18-12-7-11(10-20)8-13(9-12)21-17-6-5-16(19)14-3-1-2-4-15(14)17/h1-9H. The molecule has 0 saturated heterocycles. The van der Waals surface area contributed by atoms with Gasteiger partial charge in [0.2, 0.25) is 0 Å². The van der Waals surface area contributed by atoms with E-state index in [1.54, 1.807) is 12.1 Å². The van der Waals surface area contributed by atoms with Crippen molar-refractivity contribution in [3.63, 3.8) is 0 Å². The summed E-state index contributed by atoms with van der Waals surface area (Å²) in [5.41, 5.74) is 0.539. The first-order valence-corrected chi connectivity index (χ1v) is 7.40. The lowest BCUT2D eigenvalue weighted by molar-refractivity contribution is 0.488. The third kappa shape index (κ3) is 2.87. The minimum atomic E-state index is 0.539. The van der Waals surface area contributed by atoms with E-state index < -0.39 is 0 Å². The lowest BCUT2D eigenvalue weighted by Gasteiger charge is -2.10. The van der Waals surface area contributed by atoms with Gasteiger partial charge in [-0.1, -0.05) is 51.8 Å². The fourth-order valence-electron chi connectivity index (χ4n) is 2.14. The van der Waals surface area contributed by atoms with Gasteiger partial charge in [0, 0.05) is 20.3 Å². The Balaban J connectivity index is 2.09. The molecule has 0 amide bonds. The molecule has 0 aliphatic carbocycles. The number of rotatable bonds is 2. The summed E-state index contributed by atoms with van der Waals surface area (Å²) in [6, 6.07) is 18.8. The molecule has 0 heterocycles. The molecule has 2 nitrogen and oxygen atoms in total. The topological polar surface area (TPSA) is 33.0 Å². The average molecular weight is 359 g/mol. The van der Waals surface area contributed by atoms with Crippen LogP contribution in [0, 0.1) is 11.3 Å². The zero-order valence-corrected chi connectivity index (χ0v) is 13.1. The molecule has 0 radical (unpaired) electrons. The first-order chi connectivity index (χ1) is 10.2. The molecule has 0 N–H and O–H groups in total. The Morgan fingerprint density at radius 3 is 2.52 bits per heavy atom. The molecule has 0 aromatic heterocycles. The van der Waals surface area contributed by atoms with Gasteiger partial charge in [-0.2, -0.15) is 5.26 Å². The van der Waals surface area contributed by atoms with Gasteiger partial charge >= 0.3 is 0 Å². The number of hydrogen-bond acceptors (Lipinski definition) is 2. The number of nitriles is 1. The maximum absolute atomic E-state index is 9.02. The first kappa shape index (κ1) is 13.9. The predicted molar refractivity (Wildman–Crippen MR) is 87.9 cm³/mol. The molecule has 0 unspecified atom stereocenters. The highest BCUT2D eigenvalue weighted by atomic mass is 79.9. The summed E-state index contributed by atoms with van der Waals surface area (Å²) >= 11 is 9.58. The third-order valence-corrected chi connectivity index (χ3v) is 3.85. The highest BCUT2D eigenvalue weighted by molar-refractivity contribution is 9.10. The molecular weight excluding hydrogens is 350 g/mol. The van der Waals surface area contributed by atoms with Crippen molar-refractivity contribution in [3.8, 4) is 17.6 Å². The zero-order valence-electron chi connectivity index (χ0n) is 10.8. The predicted octanol–water partition coefficient (Wildman–Crippen LogP) is 5.92. The smallest absolute Gasteiger partial charge is 0.135 e. The summed E-state index contributed by atoms with van der Waals surface area (Å²) in [5.74, 6) is 1.31. The van der Waals surface area contributed by atoms with Crippen LogP contribution in [0.4, 0.5) is 0 Å². The van der Waals surface area contributed by atoms with E-state index in [1.807, 2.05) is 42.5 Å². The normalized spacial score (nSPS) is 10.3. The molecule has 3 aromatic rings. The summed E-state index contributed by atoms with van der Waals surface area (Å²) in [6.07, 6.45) is 0. The van der Waals surface area contributed by atoms with Crippen LogP contribution < -0.4 is 4.74 Å². The van der Waals surface area contributed by atoms with Crippen LogP contribution in [-0.4, -0.2) is 0 Å². The minimum absolute atomic E-state index is 0.539. The lowest BCUT2D eigenvalue weighted by Crippen LogP contribution is -1.88. The highest BCUT2D eigenvalue weighted by Gasteiger charge is 2.07. The van der Waals surface area contributed by atoms with Crippen LogP contribution in [0.2, 0.25) is 5.02 Å². The Labute approximate surface area is 135 Å². The second kappa shape index (κ2) is 5.77. The molecule has 3 rings (SSSR count). The van der Waals surface area contributed by atoms with Crippen molar-refractivity contribution in [2.24, 2.45) is 0 Å². The summed E-state index contributed by atoms with van der Waals surface area (Å²) in [7, 11) is 0. The van der Waals surface area contributed by atoms with Crippen LogP contribution in [0.1, 0.15) is 5.56 Å². The first-order valence-electron chi connectivity index (χ1n) is 6.23. The third-order valence-electron chi connectivity index (χ3n) is 3.06. The maximum Gasteiger partial charge on any atom is 0.135 e. The monoisotopic (exact) mass is 357 g/mol. The van der Waals surface area contributed by atoms with Gasteiger partial charge in [-0.05, 0) is 30.3 Å². The van der Waals surface area contributed by atoms with E-state index in [1.165, 1.54) is 0 Å². The summed E-state index contributed by atoms with van der Waals surface area (Å²) in [5, 5.41) is 11.6. The minimum Gasteiger partial charge on any atom is -0.457 e. The molecule has 3 aromatic carbocycles. The van der Waals surface area contributed by atoms with Crippen molar-refractivity contribution in [1.82, 2.24) is 0 Å². The quantitative estimate of drug-likeness (QED) is 0.569. The fourth-order valence-corrected chi connectivity index (χ4v) is 2.84. The van der Waals surface area contributed by atoms with E-state index >= 15 is 0 Å². The summed E-state index contributed by atoms with van der Waals surface area (Å²) < 4.78 is 6.73. The van der Waals surface area contributed by atoms with E-state index in [0.717, 1.165) is 15.2 Å². The highest BCUT2D eigenvalue weighted by Crippen LogP contribution is 2.35. The van der Waals surface area contributed by atoms with E-state index in [9.17, 15) is 0 Å². The summed E-state index contributed by atoms with van der Waals surface area (Å²) in [4.78, 5) is 0. The molecule has 4 heteroatoms. The maximum atomic E-state index is 9.02. The van der Waals surface area contributed by atoms with Gasteiger partial charge in [-0.25, -0.2) is 0 Å². The summed E-state index contributed by atoms with van der Waals surface area (Å²) in [6.45, 7) is 0. The molecular formula is C17H9BrClNO. The molecule has 0 atom stereocenters. The van der Waals surface area contributed by atoms with E-state index in [4.69, 9.17) is 21.6 Å². The molecule has 21 heavy (non-hydrogen) atoms. The lowest BCUT2D eigenvalue weighted by atomic mass is 10.1. The molecule has 0 fully saturated rings. The average Bonchev–Trinajstić information content (AvgIpc) is 2.50. The molecule has 0 spiro atoms. The van der Waals surface area contributed by atoms with Crippen LogP contribution in [0.3, 0.4) is 0 Å². The van der Waals surface area contributed by atoms with E-state index in [0.29, 0.717) is 22.1 Å². The van der Waals surface area contributed by atoms with Crippen molar-refractivity contribution >= 4 is 38.3 Å². The van der Waals surface area contributed by atoms with Crippen molar-refractivity contribution in [2.75, 3.05) is 0 Å². The zero-order chi connectivity index (χ0) is 14.8. The number of ether oxygens (including phenoxy) is 1. The number of fused-ring (bicyclic) bond motifs is 1. The Kier molecular flexibility index (Phi) is 3.83. The molecule has 0 aliphatic heterocycles. The van der Waals surface area contributed by atoms with Crippen molar-refractivity contribution in [2.45, 2.75) is 0 Å². The van der Waals surface area contributed by atoms with Crippen molar-refractivity contribution < 1.29 is 4.74 Å². The van der Waals surface area contributed by atoms with Gasteiger partial charge < -0.3 is 4.74 Å². The molecule has 0 bridgehead atoms. The van der Waals surface area contributed by atoms with Gasteiger partial charge in [0.15, 0.2) is 0 Å². The molecule has 0 saturated carbocycles. The van der Waals surface area contributed by atoms with Gasteiger partial charge in [0.25, 0.3) is 0 Å². The Morgan fingerprint density at radius 2 is 1.76 bits per heavy atom. The molecule has 0 aliphatic rings. The Bertz CT molecular complexity index is 870. The van der Waals surface area contributed by atoms with Gasteiger partial charge in [-0.15, -0.1) is 0 Å². The number of hydrogen-bond donors (Lipinski definition) is 0. The van der Waals surface area contributed by atoms with Gasteiger partial charge in [-0.3, -0.25) is 0 Å². The second-order valence-corrected chi connectivity index (χ2v) is 5.80. The van der Waals surface area contributed by atoms with Crippen LogP contribution in [0.15, 0.2) is 59.1 Å². The number of nitrogens with zero attached hydrogens (tertiary/aromatic N) is 1. The Morgan fingerprint density at radius 1 is 1.00 bits per heavy atom. The van der Waals surface area contributed by atoms with Crippen molar-refractivity contribution in [3.05, 3.63) is 69.7 Å². The second-order valence-electron chi connectivity index (χ2n) is 4.48. The van der Waals surface area contributed by atoms with Gasteiger partial charge in [0.1, 0.15) is 11.5 Å². The fraction of sp³-hybridized carbons (Fsp3) is 0. The SMILES string of the molecule is N#Cc1cc(Br)cc(Oc2ccc(Cl)c3ccccc23)c1. The largest absolute Gasteiger partial charge is 0.457 e. The van der Waals surface area contributed by atoms with Crippen LogP contribution >= 0.6 is 27.5 Å². The van der Waals surface area contributed by atoms with Crippen LogP contribution in [0.5, 0.6) is 11.5 Å². The van der Waals surface area contributed by atoms with E-state index in [2.05, 4.69) is 22.0 Å². The van der Waals surface area contributed by atoms with Gasteiger partial charge in [0.05, 0.1) is 11.6 Å². The molecule has 102 valence electrons. The number of halogens is 2. The van der Waals surface area contributed by atoms with Crippen molar-refractivity contribution in [1.29, 1.82) is 5.26 Å². The number of benzene rings is 3.